The Morgan fingerprint density at radius 2 is 2.00 bits per heavy atom. The van der Waals surface area contributed by atoms with Crippen LogP contribution in [-0.4, -0.2) is 24.9 Å². The number of pyridine rings is 1. The minimum atomic E-state index is 0.631. The Kier molecular flexibility index (Phi) is 5.14. The highest BCUT2D eigenvalue weighted by Crippen LogP contribution is 2.27. The number of hydrogen-bond acceptors (Lipinski definition) is 5. The smallest absolute Gasteiger partial charge is 0.127 e. The van der Waals surface area contributed by atoms with E-state index in [0.29, 0.717) is 6.61 Å². The number of hydrogen-bond donors (Lipinski definition) is 1. The van der Waals surface area contributed by atoms with Crippen LogP contribution in [0.4, 0.5) is 5.69 Å². The summed E-state index contributed by atoms with van der Waals surface area (Å²) in [6.45, 7) is 4.56. The van der Waals surface area contributed by atoms with Gasteiger partial charge in [-0.1, -0.05) is 12.1 Å². The van der Waals surface area contributed by atoms with Crippen molar-refractivity contribution >= 4 is 22.8 Å². The van der Waals surface area contributed by atoms with Gasteiger partial charge in [0.05, 0.1) is 31.1 Å². The lowest BCUT2D eigenvalue weighted by Gasteiger charge is -2.09. The van der Waals surface area contributed by atoms with Crippen LogP contribution in [0.25, 0.3) is 10.9 Å². The molecule has 2 aromatic carbocycles. The Morgan fingerprint density at radius 1 is 1.16 bits per heavy atom. The lowest BCUT2D eigenvalue weighted by molar-refractivity contribution is 0.340. The number of aromatic nitrogens is 1. The molecule has 0 aliphatic rings. The molecule has 0 saturated heterocycles. The third kappa shape index (κ3) is 3.88. The second-order valence-electron chi connectivity index (χ2n) is 5.54. The zero-order valence-electron chi connectivity index (χ0n) is 14.6. The third-order valence-electron chi connectivity index (χ3n) is 3.75. The van der Waals surface area contributed by atoms with E-state index >= 15 is 0 Å². The van der Waals surface area contributed by atoms with Crippen molar-refractivity contribution in [3.63, 3.8) is 0 Å². The fraction of sp³-hybridized carbons (Fsp3) is 0.200. The van der Waals surface area contributed by atoms with Crippen LogP contribution in [0, 0.1) is 6.92 Å². The predicted molar refractivity (Wildman–Crippen MR) is 102 cm³/mol. The number of para-hydroxylation sites is 1. The number of benzene rings is 2. The molecule has 3 rings (SSSR count). The summed E-state index contributed by atoms with van der Waals surface area (Å²) < 4.78 is 10.9. The fourth-order valence-electron chi connectivity index (χ4n) is 2.63. The lowest BCUT2D eigenvalue weighted by atomic mass is 10.1. The van der Waals surface area contributed by atoms with Gasteiger partial charge < -0.3 is 9.47 Å². The Bertz CT molecular complexity index is 907. The van der Waals surface area contributed by atoms with Gasteiger partial charge in [-0.3, -0.25) is 10.4 Å². The molecule has 5 nitrogen and oxygen atoms in total. The van der Waals surface area contributed by atoms with Crippen molar-refractivity contribution in [2.75, 3.05) is 19.1 Å². The number of methoxy groups -OCH3 is 1. The predicted octanol–water partition coefficient (Wildman–Crippen LogP) is 4.40. The van der Waals surface area contributed by atoms with E-state index in [9.17, 15) is 0 Å². The number of anilines is 1. The highest BCUT2D eigenvalue weighted by Gasteiger charge is 2.05. The fourth-order valence-corrected chi connectivity index (χ4v) is 2.63. The minimum absolute atomic E-state index is 0.631. The van der Waals surface area contributed by atoms with Gasteiger partial charge in [0.2, 0.25) is 0 Å². The molecule has 0 radical (unpaired) electrons. The van der Waals surface area contributed by atoms with Crippen LogP contribution in [0.5, 0.6) is 11.5 Å². The van der Waals surface area contributed by atoms with Gasteiger partial charge >= 0.3 is 0 Å². The van der Waals surface area contributed by atoms with Crippen molar-refractivity contribution in [3.05, 3.63) is 59.8 Å². The second-order valence-corrected chi connectivity index (χ2v) is 5.54. The van der Waals surface area contributed by atoms with Crippen LogP contribution in [-0.2, 0) is 0 Å². The first-order chi connectivity index (χ1) is 12.2. The molecule has 0 fully saturated rings. The number of nitrogens with zero attached hydrogens (tertiary/aromatic N) is 2. The second kappa shape index (κ2) is 7.66. The highest BCUT2D eigenvalue weighted by atomic mass is 16.5. The van der Waals surface area contributed by atoms with Gasteiger partial charge in [0, 0.05) is 22.7 Å². The standard InChI is InChI=1S/C20H21N3O2/c1-4-25-16-9-10-17-18(12-16)22-14(2)11-19(17)23-21-13-15-7-5-6-8-20(15)24-3/h5-13H,4H2,1-3H3,(H,22,23)/b21-13+. The summed E-state index contributed by atoms with van der Waals surface area (Å²) in [5.41, 5.74) is 6.71. The first-order valence-corrected chi connectivity index (χ1v) is 8.17. The van der Waals surface area contributed by atoms with E-state index in [1.165, 1.54) is 0 Å². The van der Waals surface area contributed by atoms with E-state index in [4.69, 9.17) is 9.47 Å². The number of aryl methyl sites for hydroxylation is 1. The molecule has 25 heavy (non-hydrogen) atoms. The SMILES string of the molecule is CCOc1ccc2c(N/N=C/c3ccccc3OC)cc(C)nc2c1. The number of fused-ring (bicyclic) bond motifs is 1. The molecule has 3 aromatic rings. The Balaban J connectivity index is 1.89. The molecule has 0 aliphatic carbocycles. The summed E-state index contributed by atoms with van der Waals surface area (Å²) in [5, 5.41) is 5.35. The molecule has 1 aromatic heterocycles. The van der Waals surface area contributed by atoms with Gasteiger partial charge in [-0.25, -0.2) is 0 Å². The third-order valence-corrected chi connectivity index (χ3v) is 3.75. The maximum atomic E-state index is 5.55. The first kappa shape index (κ1) is 16.8. The van der Waals surface area contributed by atoms with E-state index in [2.05, 4.69) is 15.5 Å². The van der Waals surface area contributed by atoms with Gasteiger partial charge in [0.15, 0.2) is 0 Å². The van der Waals surface area contributed by atoms with Crippen LogP contribution in [0.3, 0.4) is 0 Å². The summed E-state index contributed by atoms with van der Waals surface area (Å²) in [4.78, 5) is 4.58. The van der Waals surface area contributed by atoms with E-state index in [-0.39, 0.29) is 0 Å². The van der Waals surface area contributed by atoms with Crippen LogP contribution in [0.2, 0.25) is 0 Å². The minimum Gasteiger partial charge on any atom is -0.496 e. The summed E-state index contributed by atoms with van der Waals surface area (Å²) in [7, 11) is 1.65. The van der Waals surface area contributed by atoms with Gasteiger partial charge in [0.25, 0.3) is 0 Å². The molecule has 0 unspecified atom stereocenters. The summed E-state index contributed by atoms with van der Waals surface area (Å²) in [6.07, 6.45) is 1.75. The Hall–Kier alpha value is -3.08. The lowest BCUT2D eigenvalue weighted by Crippen LogP contribution is -1.97. The molecule has 0 spiro atoms. The van der Waals surface area contributed by atoms with Crippen molar-refractivity contribution in [1.82, 2.24) is 4.98 Å². The monoisotopic (exact) mass is 335 g/mol. The zero-order chi connectivity index (χ0) is 17.6. The van der Waals surface area contributed by atoms with Gasteiger partial charge in [-0.2, -0.15) is 5.10 Å². The largest absolute Gasteiger partial charge is 0.496 e. The van der Waals surface area contributed by atoms with E-state index in [0.717, 1.165) is 39.3 Å². The number of rotatable bonds is 6. The van der Waals surface area contributed by atoms with Crippen molar-refractivity contribution in [2.24, 2.45) is 5.10 Å². The van der Waals surface area contributed by atoms with Crippen LogP contribution in [0.15, 0.2) is 53.6 Å². The molecular formula is C20H21N3O2. The Labute approximate surface area is 147 Å². The summed E-state index contributed by atoms with van der Waals surface area (Å²) in [5.74, 6) is 1.60. The Morgan fingerprint density at radius 3 is 2.80 bits per heavy atom. The van der Waals surface area contributed by atoms with Crippen LogP contribution < -0.4 is 14.9 Å². The molecule has 128 valence electrons. The first-order valence-electron chi connectivity index (χ1n) is 8.17. The topological polar surface area (TPSA) is 55.7 Å². The average Bonchev–Trinajstić information content (AvgIpc) is 2.62. The molecule has 1 heterocycles. The average molecular weight is 335 g/mol. The maximum Gasteiger partial charge on any atom is 0.127 e. The maximum absolute atomic E-state index is 5.55. The van der Waals surface area contributed by atoms with Crippen molar-refractivity contribution < 1.29 is 9.47 Å². The van der Waals surface area contributed by atoms with Crippen LogP contribution >= 0.6 is 0 Å². The molecule has 0 atom stereocenters. The quantitative estimate of drug-likeness (QED) is 0.536. The summed E-state index contributed by atoms with van der Waals surface area (Å²) in [6, 6.07) is 15.6. The van der Waals surface area contributed by atoms with Gasteiger partial charge in [-0.05, 0) is 44.2 Å². The number of nitrogens with one attached hydrogen (secondary N) is 1. The van der Waals surface area contributed by atoms with Gasteiger partial charge in [-0.15, -0.1) is 0 Å². The van der Waals surface area contributed by atoms with Crippen molar-refractivity contribution in [3.8, 4) is 11.5 Å². The molecule has 0 amide bonds. The normalized spacial score (nSPS) is 11.0. The highest BCUT2D eigenvalue weighted by molar-refractivity contribution is 5.93. The zero-order valence-corrected chi connectivity index (χ0v) is 14.6. The molecule has 0 aliphatic heterocycles. The molecule has 1 N–H and O–H groups in total. The van der Waals surface area contributed by atoms with Gasteiger partial charge in [0.1, 0.15) is 11.5 Å². The summed E-state index contributed by atoms with van der Waals surface area (Å²) >= 11 is 0. The molecular weight excluding hydrogens is 314 g/mol. The van der Waals surface area contributed by atoms with Crippen molar-refractivity contribution in [1.29, 1.82) is 0 Å². The number of hydrazone groups is 1. The van der Waals surface area contributed by atoms with E-state index in [1.54, 1.807) is 13.3 Å². The molecule has 5 heteroatoms. The van der Waals surface area contributed by atoms with Crippen molar-refractivity contribution in [2.45, 2.75) is 13.8 Å². The number of ether oxygens (including phenoxy) is 2. The molecule has 0 bridgehead atoms. The molecule has 0 saturated carbocycles. The van der Waals surface area contributed by atoms with E-state index in [1.807, 2.05) is 62.4 Å². The van der Waals surface area contributed by atoms with Crippen LogP contribution in [0.1, 0.15) is 18.2 Å². The van der Waals surface area contributed by atoms with E-state index < -0.39 is 0 Å².